The molecule has 0 aromatic carbocycles. The lowest BCUT2D eigenvalue weighted by Crippen LogP contribution is -2.44. The molecule has 43 heavy (non-hydrogen) atoms. The van der Waals surface area contributed by atoms with E-state index in [9.17, 15) is 28.5 Å². The van der Waals surface area contributed by atoms with E-state index in [1.165, 1.54) is 13.1 Å². The number of aromatic amines is 1. The number of amides is 1. The molecule has 0 saturated carbocycles. The minimum Gasteiger partial charge on any atom is -0.481 e. The number of aromatic nitrogens is 2. The second-order valence-corrected chi connectivity index (χ2v) is 12.5. The van der Waals surface area contributed by atoms with E-state index >= 15 is 0 Å². The van der Waals surface area contributed by atoms with Gasteiger partial charge in [-0.05, 0) is 40.8 Å². The lowest BCUT2D eigenvalue weighted by atomic mass is 9.99. The summed E-state index contributed by atoms with van der Waals surface area (Å²) in [7, 11) is 0.0570. The van der Waals surface area contributed by atoms with Gasteiger partial charge in [-0.3, -0.25) is 33.3 Å². The van der Waals surface area contributed by atoms with Crippen LogP contribution in [0.2, 0.25) is 0 Å². The first kappa shape index (κ1) is 36.3. The van der Waals surface area contributed by atoms with Gasteiger partial charge < -0.3 is 38.6 Å². The van der Waals surface area contributed by atoms with E-state index in [-0.39, 0.29) is 24.9 Å². The molecule has 2 heterocycles. The molecule has 2 unspecified atom stereocenters. The number of hydrogen-bond donors (Lipinski definition) is 3. The summed E-state index contributed by atoms with van der Waals surface area (Å²) in [4.78, 5) is 65.4. The molecule has 0 bridgehead atoms. The Hall–Kier alpha value is -2.88. The Morgan fingerprint density at radius 2 is 1.81 bits per heavy atom. The zero-order chi connectivity index (χ0) is 32.3. The van der Waals surface area contributed by atoms with E-state index in [0.717, 1.165) is 4.57 Å². The number of H-pyrrole nitrogens is 1. The van der Waals surface area contributed by atoms with Crippen molar-refractivity contribution in [2.75, 3.05) is 53.2 Å². The molecule has 0 spiro atoms. The predicted molar refractivity (Wildman–Crippen MR) is 153 cm³/mol. The number of carboxylic acids is 1. The van der Waals surface area contributed by atoms with Crippen molar-refractivity contribution in [3.05, 3.63) is 32.6 Å². The summed E-state index contributed by atoms with van der Waals surface area (Å²) in [5.74, 6) is -3.28. The molecule has 16 nitrogen and oxygen atoms in total. The number of carbonyl (C=O) groups is 3. The van der Waals surface area contributed by atoms with Gasteiger partial charge >= 0.3 is 25.2 Å². The van der Waals surface area contributed by atoms with Gasteiger partial charge in [-0.2, -0.15) is 0 Å². The minimum absolute atomic E-state index is 0.104. The summed E-state index contributed by atoms with van der Waals surface area (Å²) in [5, 5.41) is 11.7. The van der Waals surface area contributed by atoms with Crippen molar-refractivity contribution in [1.82, 2.24) is 19.8 Å². The van der Waals surface area contributed by atoms with Crippen LogP contribution in [0.15, 0.2) is 15.8 Å². The highest BCUT2D eigenvalue weighted by atomic mass is 31.2. The highest BCUT2D eigenvalue weighted by Crippen LogP contribution is 2.51. The molecule has 5 atom stereocenters. The van der Waals surface area contributed by atoms with E-state index < -0.39 is 86.6 Å². The van der Waals surface area contributed by atoms with E-state index in [2.05, 4.69) is 10.3 Å². The van der Waals surface area contributed by atoms with Gasteiger partial charge in [0.2, 0.25) is 5.91 Å². The Balaban J connectivity index is 2.50. The number of carboxylic acid groups (broad SMARTS) is 1. The summed E-state index contributed by atoms with van der Waals surface area (Å²) in [6, 6.07) is 0. The fraction of sp³-hybridized carbons (Fsp3) is 0.731. The van der Waals surface area contributed by atoms with Crippen molar-refractivity contribution in [3.8, 4) is 0 Å². The molecule has 17 heteroatoms. The van der Waals surface area contributed by atoms with E-state index in [4.69, 9.17) is 28.4 Å². The highest BCUT2D eigenvalue weighted by molar-refractivity contribution is 7.53. The normalized spacial score (nSPS) is 21.1. The molecule has 1 amide bonds. The van der Waals surface area contributed by atoms with Crippen molar-refractivity contribution >= 4 is 25.4 Å². The van der Waals surface area contributed by atoms with Gasteiger partial charge in [0.05, 0.1) is 32.2 Å². The predicted octanol–water partition coefficient (Wildman–Crippen LogP) is 0.484. The van der Waals surface area contributed by atoms with E-state index in [1.807, 2.05) is 19.0 Å². The summed E-state index contributed by atoms with van der Waals surface area (Å²) in [6.45, 7) is 7.04. The third kappa shape index (κ3) is 11.0. The number of rotatable bonds is 18. The standard InChI is InChI=1S/C26H43N4O12P/c1-7-39-43(37,40-8-2)15-17(4)21-22(41-20(34)10-9-19(32)33)23(38-14-18(31)27-11-12-29(5)6)25(42-21)30-13-16(3)24(35)28-26(30)36/h13,17,21-23,25H,7-12,14-15H2,1-6H3,(H,27,31)(H,32,33)(H,28,35,36)/t17-,21?,22+,23+,25?/m0/s1. The van der Waals surface area contributed by atoms with Crippen LogP contribution >= 0.6 is 7.60 Å². The lowest BCUT2D eigenvalue weighted by Gasteiger charge is -2.28. The molecule has 1 aromatic rings. The second-order valence-electron chi connectivity index (χ2n) is 10.4. The molecule has 244 valence electrons. The van der Waals surface area contributed by atoms with Gasteiger partial charge in [0.15, 0.2) is 12.3 Å². The van der Waals surface area contributed by atoms with Crippen molar-refractivity contribution in [3.63, 3.8) is 0 Å². The van der Waals surface area contributed by atoms with Gasteiger partial charge in [0.1, 0.15) is 18.8 Å². The first-order chi connectivity index (χ1) is 20.2. The molecular weight excluding hydrogens is 591 g/mol. The van der Waals surface area contributed by atoms with Crippen LogP contribution in [0.4, 0.5) is 0 Å². The summed E-state index contributed by atoms with van der Waals surface area (Å²) in [5.41, 5.74) is -1.29. The number of aryl methyl sites for hydroxylation is 1. The number of esters is 1. The zero-order valence-electron chi connectivity index (χ0n) is 25.4. The quantitative estimate of drug-likeness (QED) is 0.149. The highest BCUT2D eigenvalue weighted by Gasteiger charge is 2.52. The van der Waals surface area contributed by atoms with Crippen LogP contribution in [0.3, 0.4) is 0 Å². The van der Waals surface area contributed by atoms with Crippen molar-refractivity contribution < 1.29 is 47.3 Å². The number of carbonyl (C=O) groups excluding carboxylic acids is 2. The molecule has 3 N–H and O–H groups in total. The molecular formula is C26H43N4O12P. The first-order valence-electron chi connectivity index (χ1n) is 14.0. The molecule has 1 aromatic heterocycles. The summed E-state index contributed by atoms with van der Waals surface area (Å²) >= 11 is 0. The van der Waals surface area contributed by atoms with Crippen LogP contribution < -0.4 is 16.6 Å². The number of ether oxygens (including phenoxy) is 3. The maximum Gasteiger partial charge on any atom is 0.331 e. The van der Waals surface area contributed by atoms with Crippen LogP contribution in [0, 0.1) is 12.8 Å². The number of aliphatic carboxylic acids is 1. The van der Waals surface area contributed by atoms with Crippen LogP contribution in [0.5, 0.6) is 0 Å². The monoisotopic (exact) mass is 634 g/mol. The Labute approximate surface area is 249 Å². The van der Waals surface area contributed by atoms with Gasteiger partial charge in [0.25, 0.3) is 5.56 Å². The minimum atomic E-state index is -3.62. The Morgan fingerprint density at radius 1 is 1.16 bits per heavy atom. The topological polar surface area (TPSA) is 205 Å². The number of hydrogen-bond acceptors (Lipinski definition) is 12. The van der Waals surface area contributed by atoms with Crippen LogP contribution in [0.1, 0.15) is 45.4 Å². The van der Waals surface area contributed by atoms with Gasteiger partial charge in [0, 0.05) is 24.8 Å². The Kier molecular flexibility index (Phi) is 14.2. The number of nitrogens with one attached hydrogen (secondary N) is 2. The second kappa shape index (κ2) is 16.8. The molecule has 2 rings (SSSR count). The summed E-state index contributed by atoms with van der Waals surface area (Å²) < 4.78 is 43.1. The maximum atomic E-state index is 13.4. The fourth-order valence-electron chi connectivity index (χ4n) is 4.49. The van der Waals surface area contributed by atoms with Crippen LogP contribution in [0.25, 0.3) is 0 Å². The van der Waals surface area contributed by atoms with Crippen LogP contribution in [-0.2, 0) is 42.2 Å². The molecule has 1 fully saturated rings. The van der Waals surface area contributed by atoms with Crippen LogP contribution in [-0.4, -0.2) is 109 Å². The fourth-order valence-corrected chi connectivity index (χ4v) is 6.47. The van der Waals surface area contributed by atoms with Crippen molar-refractivity contribution in [2.24, 2.45) is 5.92 Å². The largest absolute Gasteiger partial charge is 0.481 e. The third-order valence-corrected chi connectivity index (χ3v) is 8.79. The third-order valence-electron chi connectivity index (χ3n) is 6.47. The lowest BCUT2D eigenvalue weighted by molar-refractivity contribution is -0.161. The average molecular weight is 635 g/mol. The molecule has 1 aliphatic rings. The molecule has 1 aliphatic heterocycles. The number of nitrogens with zero attached hydrogens (tertiary/aromatic N) is 2. The smallest absolute Gasteiger partial charge is 0.331 e. The van der Waals surface area contributed by atoms with Crippen molar-refractivity contribution in [2.45, 2.75) is 65.1 Å². The Bertz CT molecular complexity index is 1260. The molecule has 1 saturated heterocycles. The van der Waals surface area contributed by atoms with Gasteiger partial charge in [-0.15, -0.1) is 0 Å². The summed E-state index contributed by atoms with van der Waals surface area (Å²) in [6.07, 6.45) is -4.82. The van der Waals surface area contributed by atoms with Gasteiger partial charge in [-0.1, -0.05) is 6.92 Å². The number of likely N-dealkylation sites (N-methyl/N-ethyl adjacent to an activating group) is 1. The van der Waals surface area contributed by atoms with Crippen molar-refractivity contribution in [1.29, 1.82) is 0 Å². The van der Waals surface area contributed by atoms with E-state index in [0.29, 0.717) is 13.1 Å². The maximum absolute atomic E-state index is 13.4. The SMILES string of the molecule is CCOP(=O)(C[C@H](C)C1OC(n2cc(C)c(=O)[nH]c2=O)[C@H](OCC(=O)NCCN(C)C)[C@@H]1OC(=O)CCC(=O)O)OCC. The van der Waals surface area contributed by atoms with Gasteiger partial charge in [-0.25, -0.2) is 4.79 Å². The molecule has 0 aliphatic carbocycles. The average Bonchev–Trinajstić information content (AvgIpc) is 3.26. The Morgan fingerprint density at radius 3 is 2.40 bits per heavy atom. The molecule has 0 radical (unpaired) electrons. The zero-order valence-corrected chi connectivity index (χ0v) is 26.3. The van der Waals surface area contributed by atoms with E-state index in [1.54, 1.807) is 20.8 Å². The first-order valence-corrected chi connectivity index (χ1v) is 15.7.